The summed E-state index contributed by atoms with van der Waals surface area (Å²) in [5.74, 6) is -0.611. The number of hydrogen-bond donors (Lipinski definition) is 3. The van der Waals surface area contributed by atoms with Gasteiger partial charge in [0.15, 0.2) is 5.78 Å². The molecule has 0 saturated heterocycles. The Morgan fingerprint density at radius 2 is 1.78 bits per heavy atom. The van der Waals surface area contributed by atoms with E-state index in [0.29, 0.717) is 37.0 Å². The number of ketones is 1. The van der Waals surface area contributed by atoms with Crippen molar-refractivity contribution in [3.8, 4) is 0 Å². The van der Waals surface area contributed by atoms with Gasteiger partial charge in [0.1, 0.15) is 18.2 Å². The van der Waals surface area contributed by atoms with E-state index in [9.17, 15) is 29.1 Å². The first-order valence-corrected chi connectivity index (χ1v) is 15.6. The number of unbranched alkanes of at least 4 members (excludes halogenated alkanes) is 1. The van der Waals surface area contributed by atoms with Crippen molar-refractivity contribution < 1.29 is 33.8 Å². The number of ether oxygens (including phenoxy) is 1. The average Bonchev–Trinajstić information content (AvgIpc) is 3.25. The van der Waals surface area contributed by atoms with E-state index in [-0.39, 0.29) is 35.6 Å². The second-order valence-corrected chi connectivity index (χ2v) is 13.4. The molecule has 2 amide bonds. The molecule has 41 heavy (non-hydrogen) atoms. The lowest BCUT2D eigenvalue weighted by molar-refractivity contribution is -0.160. The van der Waals surface area contributed by atoms with Gasteiger partial charge in [0, 0.05) is 18.3 Å². The lowest BCUT2D eigenvalue weighted by Crippen LogP contribution is -2.51. The molecule has 0 aliphatic heterocycles. The monoisotopic (exact) mass is 572 g/mol. The zero-order valence-electron chi connectivity index (χ0n) is 25.1. The maximum absolute atomic E-state index is 12.8. The van der Waals surface area contributed by atoms with Crippen molar-refractivity contribution in [2.45, 2.75) is 129 Å². The number of carboxylic acids is 1. The zero-order valence-corrected chi connectivity index (χ0v) is 25.1. The molecule has 4 rings (SSSR count). The number of carbonyl (C=O) groups excluding carboxylic acids is 4. The highest BCUT2D eigenvalue weighted by Gasteiger charge is 2.60. The van der Waals surface area contributed by atoms with Crippen LogP contribution in [-0.2, 0) is 28.7 Å². The van der Waals surface area contributed by atoms with Crippen molar-refractivity contribution in [3.63, 3.8) is 0 Å². The molecule has 9 nitrogen and oxygen atoms in total. The first-order chi connectivity index (χ1) is 19.4. The van der Waals surface area contributed by atoms with Gasteiger partial charge in [-0.15, -0.1) is 0 Å². The molecule has 4 aliphatic carbocycles. The van der Waals surface area contributed by atoms with Gasteiger partial charge in [-0.25, -0.2) is 4.79 Å². The summed E-state index contributed by atoms with van der Waals surface area (Å²) in [4.78, 5) is 61.2. The van der Waals surface area contributed by atoms with Crippen LogP contribution in [0.2, 0.25) is 0 Å². The van der Waals surface area contributed by atoms with E-state index >= 15 is 0 Å². The normalized spacial score (nSPS) is 33.8. The van der Waals surface area contributed by atoms with E-state index in [1.165, 1.54) is 12.5 Å². The summed E-state index contributed by atoms with van der Waals surface area (Å²) in [5, 5.41) is 14.4. The van der Waals surface area contributed by atoms with Gasteiger partial charge in [0.25, 0.3) is 0 Å². The van der Waals surface area contributed by atoms with E-state index in [1.807, 2.05) is 13.0 Å². The van der Waals surface area contributed by atoms with Gasteiger partial charge in [-0.1, -0.05) is 39.2 Å². The largest absolute Gasteiger partial charge is 0.480 e. The van der Waals surface area contributed by atoms with Crippen LogP contribution in [0.3, 0.4) is 0 Å². The highest BCUT2D eigenvalue weighted by molar-refractivity contribution is 5.92. The number of allylic oxidation sites excluding steroid dienone is 1. The van der Waals surface area contributed by atoms with Gasteiger partial charge in [-0.05, 0) is 87.5 Å². The Hall–Kier alpha value is -2.71. The van der Waals surface area contributed by atoms with E-state index in [4.69, 9.17) is 4.74 Å². The van der Waals surface area contributed by atoms with Crippen LogP contribution in [0.5, 0.6) is 0 Å². The summed E-state index contributed by atoms with van der Waals surface area (Å²) >= 11 is 0. The van der Waals surface area contributed by atoms with Gasteiger partial charge in [-0.3, -0.25) is 19.2 Å². The molecule has 0 radical (unpaired) electrons. The first kappa shape index (κ1) is 31.2. The highest BCUT2D eigenvalue weighted by atomic mass is 16.5. The van der Waals surface area contributed by atoms with E-state index in [2.05, 4.69) is 24.5 Å². The number of esters is 1. The molecular weight excluding hydrogens is 524 g/mol. The summed E-state index contributed by atoms with van der Waals surface area (Å²) in [5.41, 5.74) is 1.38. The summed E-state index contributed by atoms with van der Waals surface area (Å²) in [6.07, 6.45) is 11.0. The van der Waals surface area contributed by atoms with Crippen LogP contribution in [0.4, 0.5) is 0 Å². The Morgan fingerprint density at radius 1 is 1.02 bits per heavy atom. The Balaban J connectivity index is 1.26. The molecule has 0 heterocycles. The van der Waals surface area contributed by atoms with Crippen molar-refractivity contribution in [2.24, 2.45) is 28.6 Å². The zero-order chi connectivity index (χ0) is 29.9. The van der Waals surface area contributed by atoms with Crippen molar-refractivity contribution in [1.82, 2.24) is 10.6 Å². The van der Waals surface area contributed by atoms with Crippen LogP contribution in [0, 0.1) is 28.6 Å². The predicted molar refractivity (Wildman–Crippen MR) is 153 cm³/mol. The second-order valence-electron chi connectivity index (χ2n) is 13.4. The number of aliphatic carboxylic acids is 1. The fourth-order valence-electron chi connectivity index (χ4n) is 8.48. The third-order valence-corrected chi connectivity index (χ3v) is 10.9. The maximum atomic E-state index is 12.8. The van der Waals surface area contributed by atoms with Crippen LogP contribution in [0.15, 0.2) is 11.6 Å². The van der Waals surface area contributed by atoms with Gasteiger partial charge < -0.3 is 20.5 Å². The van der Waals surface area contributed by atoms with Crippen LogP contribution < -0.4 is 10.6 Å². The summed E-state index contributed by atoms with van der Waals surface area (Å²) in [6.45, 7) is 8.07. The Kier molecular flexibility index (Phi) is 9.64. The van der Waals surface area contributed by atoms with Crippen LogP contribution in [0.1, 0.15) is 111 Å². The van der Waals surface area contributed by atoms with Crippen molar-refractivity contribution in [1.29, 1.82) is 0 Å². The molecule has 3 saturated carbocycles. The fourth-order valence-corrected chi connectivity index (χ4v) is 8.48. The lowest BCUT2D eigenvalue weighted by atomic mass is 9.47. The van der Waals surface area contributed by atoms with Gasteiger partial charge in [0.05, 0.1) is 6.42 Å². The molecule has 0 aromatic heterocycles. The minimum Gasteiger partial charge on any atom is -0.480 e. The third kappa shape index (κ3) is 6.54. The van der Waals surface area contributed by atoms with Crippen molar-refractivity contribution in [2.75, 3.05) is 0 Å². The smallest absolute Gasteiger partial charge is 0.326 e. The Morgan fingerprint density at radius 3 is 2.49 bits per heavy atom. The molecule has 228 valence electrons. The standard InChI is InChI=1S/C32H48N2O7/c1-5-6-7-25(30(39)40)34-29(38)19(2)33-27(36)12-13-28(37)41-26-11-10-23-22-9-8-20-18-21(35)14-16-31(20,3)24(22)15-17-32(23,26)4/h18-19,22-26H,5-17H2,1-4H3,(H,33,36)(H,34,38)(H,39,40)/t19-,22-,23+,24+,25-,26+,31-,32-/m0/s1. The first-order valence-electron chi connectivity index (χ1n) is 15.6. The fraction of sp³-hybridized carbons (Fsp3) is 0.781. The number of nitrogens with one attached hydrogen (secondary N) is 2. The van der Waals surface area contributed by atoms with Crippen LogP contribution in [-0.4, -0.2) is 52.8 Å². The minimum absolute atomic E-state index is 0.0715. The van der Waals surface area contributed by atoms with Gasteiger partial charge in [0.2, 0.25) is 11.8 Å². The SMILES string of the molecule is CCCC[C@H](NC(=O)[C@H](C)NC(=O)CCC(=O)O[C@@H]1CC[C@@H]2[C@@H]3CCC4=CC(=O)CC[C@]4(C)[C@@H]3CC[C@@]21C)C(=O)O. The lowest BCUT2D eigenvalue weighted by Gasteiger charge is -2.57. The van der Waals surface area contributed by atoms with Crippen LogP contribution in [0.25, 0.3) is 0 Å². The Bertz CT molecular complexity index is 1090. The molecule has 0 unspecified atom stereocenters. The van der Waals surface area contributed by atoms with Crippen molar-refractivity contribution >= 4 is 29.5 Å². The molecule has 0 aromatic rings. The summed E-state index contributed by atoms with van der Waals surface area (Å²) in [6, 6.07) is -1.91. The number of hydrogen-bond acceptors (Lipinski definition) is 6. The predicted octanol–water partition coefficient (Wildman–Crippen LogP) is 4.47. The number of rotatable bonds is 11. The average molecular weight is 573 g/mol. The minimum atomic E-state index is -1.10. The number of fused-ring (bicyclic) bond motifs is 5. The topological polar surface area (TPSA) is 139 Å². The molecule has 3 fully saturated rings. The maximum Gasteiger partial charge on any atom is 0.326 e. The third-order valence-electron chi connectivity index (χ3n) is 10.9. The molecule has 8 atom stereocenters. The van der Waals surface area contributed by atoms with Gasteiger partial charge in [-0.2, -0.15) is 0 Å². The van der Waals surface area contributed by atoms with E-state index < -0.39 is 35.8 Å². The molecular formula is C32H48N2O7. The quantitative estimate of drug-likeness (QED) is 0.310. The molecule has 0 aromatic carbocycles. The molecule has 0 bridgehead atoms. The number of amides is 2. The summed E-state index contributed by atoms with van der Waals surface area (Å²) < 4.78 is 6.01. The molecule has 9 heteroatoms. The molecule has 0 spiro atoms. The van der Waals surface area contributed by atoms with E-state index in [0.717, 1.165) is 51.4 Å². The highest BCUT2D eigenvalue weighted by Crippen LogP contribution is 2.65. The number of carboxylic acid groups (broad SMARTS) is 1. The molecule has 4 aliphatic rings. The van der Waals surface area contributed by atoms with Crippen LogP contribution >= 0.6 is 0 Å². The number of carbonyl (C=O) groups is 5. The van der Waals surface area contributed by atoms with Crippen molar-refractivity contribution in [3.05, 3.63) is 11.6 Å². The van der Waals surface area contributed by atoms with Gasteiger partial charge >= 0.3 is 11.9 Å². The molecule has 3 N–H and O–H groups in total. The second kappa shape index (κ2) is 12.7. The van der Waals surface area contributed by atoms with E-state index in [1.54, 1.807) is 0 Å². The Labute approximate surface area is 243 Å². The summed E-state index contributed by atoms with van der Waals surface area (Å²) in [7, 11) is 0.